The molecule has 7 nitrogen and oxygen atoms in total. The smallest absolute Gasteiger partial charge is 0.410 e. The van der Waals surface area contributed by atoms with Gasteiger partial charge >= 0.3 is 6.09 Å². The van der Waals surface area contributed by atoms with Gasteiger partial charge in [0, 0.05) is 30.0 Å². The van der Waals surface area contributed by atoms with Crippen LogP contribution in [-0.4, -0.2) is 49.9 Å². The average Bonchev–Trinajstić information content (AvgIpc) is 2.46. The Bertz CT molecular complexity index is 784. The topological polar surface area (TPSA) is 111 Å². The number of nitrogens with zero attached hydrogens (tertiary/aromatic N) is 1. The van der Waals surface area contributed by atoms with Crippen LogP contribution in [0.25, 0.3) is 0 Å². The summed E-state index contributed by atoms with van der Waals surface area (Å²) in [6, 6.07) is 4.30. The molecule has 1 spiro atoms. The van der Waals surface area contributed by atoms with Gasteiger partial charge in [-0.15, -0.1) is 0 Å². The van der Waals surface area contributed by atoms with Crippen molar-refractivity contribution < 1.29 is 28.1 Å². The number of carbonyl (C=O) groups is 1. The zero-order valence-electron chi connectivity index (χ0n) is 14.2. The summed E-state index contributed by atoms with van der Waals surface area (Å²) in [5.41, 5.74) is -1.16. The SMILES string of the molecule is COC1CC2(C1)C(NC(=O)O)=N[C@](C)(c1cc(Br)ccc1F)CS2(O)O. The molecule has 1 aromatic carbocycles. The van der Waals surface area contributed by atoms with Crippen molar-refractivity contribution in [2.24, 2.45) is 4.99 Å². The Morgan fingerprint density at radius 3 is 2.69 bits per heavy atom. The highest BCUT2D eigenvalue weighted by atomic mass is 79.9. The van der Waals surface area contributed by atoms with E-state index in [9.17, 15) is 23.4 Å². The number of carboxylic acid groups (broad SMARTS) is 1. The number of hydrogen-bond acceptors (Lipinski definition) is 5. The lowest BCUT2D eigenvalue weighted by atomic mass is 9.79. The van der Waals surface area contributed by atoms with E-state index in [1.165, 1.54) is 25.3 Å². The van der Waals surface area contributed by atoms with Crippen LogP contribution in [0.15, 0.2) is 27.7 Å². The molecule has 0 saturated heterocycles. The van der Waals surface area contributed by atoms with Crippen LogP contribution < -0.4 is 5.32 Å². The van der Waals surface area contributed by atoms with Crippen molar-refractivity contribution >= 4 is 38.4 Å². The summed E-state index contributed by atoms with van der Waals surface area (Å²) < 4.78 is 40.9. The molecule has 1 fully saturated rings. The molecule has 2 aliphatic rings. The molecule has 0 radical (unpaired) electrons. The molecule has 0 bridgehead atoms. The van der Waals surface area contributed by atoms with Crippen molar-refractivity contribution in [1.82, 2.24) is 5.32 Å². The van der Waals surface area contributed by atoms with E-state index in [1.807, 2.05) is 0 Å². The summed E-state index contributed by atoms with van der Waals surface area (Å²) in [4.78, 5) is 15.7. The van der Waals surface area contributed by atoms with Crippen molar-refractivity contribution in [3.63, 3.8) is 0 Å². The number of amidine groups is 1. The quantitative estimate of drug-likeness (QED) is 0.547. The number of aliphatic imine (C=N–C) groups is 1. The Balaban J connectivity index is 2.13. The lowest BCUT2D eigenvalue weighted by Crippen LogP contribution is -2.65. The zero-order chi connectivity index (χ0) is 19.3. The highest BCUT2D eigenvalue weighted by molar-refractivity contribution is 9.10. The van der Waals surface area contributed by atoms with Crippen molar-refractivity contribution in [2.75, 3.05) is 12.9 Å². The Morgan fingerprint density at radius 1 is 1.46 bits per heavy atom. The molecule has 0 aromatic heterocycles. The fraction of sp³-hybridized carbons (Fsp3) is 0.500. The molecule has 4 N–H and O–H groups in total. The Hall–Kier alpha value is -1.20. The summed E-state index contributed by atoms with van der Waals surface area (Å²) in [6.45, 7) is 1.56. The van der Waals surface area contributed by atoms with Gasteiger partial charge in [0.1, 0.15) is 21.9 Å². The second kappa shape index (κ2) is 6.45. The first kappa shape index (κ1) is 19.6. The minimum atomic E-state index is -3.33. The number of benzene rings is 1. The first-order chi connectivity index (χ1) is 12.0. The van der Waals surface area contributed by atoms with Gasteiger partial charge in [-0.2, -0.15) is 10.6 Å². The molecule has 1 heterocycles. The summed E-state index contributed by atoms with van der Waals surface area (Å²) in [5.74, 6) is -0.802. The van der Waals surface area contributed by atoms with Gasteiger partial charge in [0.15, 0.2) is 0 Å². The molecular formula is C16H20BrFN2O5S. The predicted molar refractivity (Wildman–Crippen MR) is 101 cm³/mol. The molecular weight excluding hydrogens is 431 g/mol. The van der Waals surface area contributed by atoms with Crippen molar-refractivity contribution in [1.29, 1.82) is 0 Å². The molecule has 10 heteroatoms. The van der Waals surface area contributed by atoms with Gasteiger partial charge in [-0.3, -0.25) is 19.4 Å². The van der Waals surface area contributed by atoms with E-state index >= 15 is 0 Å². The third-order valence-electron chi connectivity index (χ3n) is 5.08. The van der Waals surface area contributed by atoms with Gasteiger partial charge in [-0.05, 0) is 25.1 Å². The second-order valence-electron chi connectivity index (χ2n) is 6.86. The second-order valence-corrected chi connectivity index (χ2v) is 10.2. The van der Waals surface area contributed by atoms with Crippen LogP contribution in [0.4, 0.5) is 9.18 Å². The van der Waals surface area contributed by atoms with Gasteiger partial charge in [0.25, 0.3) is 0 Å². The molecule has 26 heavy (non-hydrogen) atoms. The molecule has 144 valence electrons. The number of nitrogens with one attached hydrogen (secondary N) is 1. The lowest BCUT2D eigenvalue weighted by molar-refractivity contribution is 0.0259. The highest BCUT2D eigenvalue weighted by Gasteiger charge is 2.62. The number of methoxy groups -OCH3 is 1. The molecule has 1 amide bonds. The van der Waals surface area contributed by atoms with Crippen LogP contribution in [-0.2, 0) is 10.3 Å². The molecule has 1 aliphatic carbocycles. The minimum Gasteiger partial charge on any atom is -0.465 e. The van der Waals surface area contributed by atoms with Crippen molar-refractivity contribution in [3.8, 4) is 0 Å². The standard InChI is InChI=1S/C16H20BrFN2O5S/c1-15(11-5-9(17)3-4-12(11)18)8-26(23,24)16(6-10(7-16)25-2)13(20-15)19-14(21)22/h3-5,10,23-24H,6-8H2,1-2H3,(H,19,20)(H,21,22)/t10?,15-,16?/m0/s1. The summed E-state index contributed by atoms with van der Waals surface area (Å²) in [6.07, 6.45) is -1.10. The van der Waals surface area contributed by atoms with E-state index in [2.05, 4.69) is 26.2 Å². The van der Waals surface area contributed by atoms with E-state index < -0.39 is 32.8 Å². The van der Waals surface area contributed by atoms with Crippen molar-refractivity contribution in [3.05, 3.63) is 34.1 Å². The molecule has 1 aliphatic heterocycles. The normalized spacial score (nSPS) is 33.9. The van der Waals surface area contributed by atoms with Crippen LogP contribution >= 0.6 is 26.5 Å². The summed E-state index contributed by atoms with van der Waals surface area (Å²) >= 11 is 3.28. The third kappa shape index (κ3) is 3.03. The maximum atomic E-state index is 14.4. The van der Waals surface area contributed by atoms with Crippen LogP contribution in [0, 0.1) is 5.82 Å². The van der Waals surface area contributed by atoms with Gasteiger partial charge in [-0.1, -0.05) is 15.9 Å². The molecule has 1 saturated carbocycles. The summed E-state index contributed by atoms with van der Waals surface area (Å²) in [5, 5.41) is 11.4. The maximum Gasteiger partial charge on any atom is 0.410 e. The van der Waals surface area contributed by atoms with E-state index in [4.69, 9.17) is 4.74 Å². The van der Waals surface area contributed by atoms with E-state index in [1.54, 1.807) is 6.92 Å². The molecule has 1 aromatic rings. The van der Waals surface area contributed by atoms with E-state index in [0.29, 0.717) is 4.47 Å². The number of amides is 1. The van der Waals surface area contributed by atoms with Gasteiger partial charge in [0.05, 0.1) is 11.9 Å². The average molecular weight is 451 g/mol. The van der Waals surface area contributed by atoms with Crippen LogP contribution in [0.3, 0.4) is 0 Å². The number of hydrogen-bond donors (Lipinski definition) is 4. The summed E-state index contributed by atoms with van der Waals surface area (Å²) in [7, 11) is -1.82. The Labute approximate surface area is 160 Å². The Morgan fingerprint density at radius 2 is 2.12 bits per heavy atom. The van der Waals surface area contributed by atoms with E-state index in [0.717, 1.165) is 0 Å². The van der Waals surface area contributed by atoms with Crippen LogP contribution in [0.2, 0.25) is 0 Å². The largest absolute Gasteiger partial charge is 0.465 e. The first-order valence-corrected chi connectivity index (χ1v) is 10.4. The maximum absolute atomic E-state index is 14.4. The predicted octanol–water partition coefficient (Wildman–Crippen LogP) is 3.78. The Kier molecular flexibility index (Phi) is 4.85. The third-order valence-corrected chi connectivity index (χ3v) is 8.32. The molecule has 0 unspecified atom stereocenters. The lowest BCUT2D eigenvalue weighted by Gasteiger charge is -2.62. The van der Waals surface area contributed by atoms with E-state index in [-0.39, 0.29) is 36.1 Å². The monoisotopic (exact) mass is 450 g/mol. The first-order valence-electron chi connectivity index (χ1n) is 7.87. The minimum absolute atomic E-state index is 0.0496. The van der Waals surface area contributed by atoms with Gasteiger partial charge in [-0.25, -0.2) is 9.18 Å². The molecule has 1 atom stereocenters. The van der Waals surface area contributed by atoms with Gasteiger partial charge < -0.3 is 9.84 Å². The van der Waals surface area contributed by atoms with Crippen LogP contribution in [0.5, 0.6) is 0 Å². The zero-order valence-corrected chi connectivity index (χ0v) is 16.6. The van der Waals surface area contributed by atoms with Gasteiger partial charge in [0.2, 0.25) is 0 Å². The van der Waals surface area contributed by atoms with Crippen LogP contribution in [0.1, 0.15) is 25.3 Å². The molecule has 3 rings (SSSR count). The number of halogens is 2. The number of ether oxygens (including phenoxy) is 1. The fourth-order valence-corrected chi connectivity index (χ4v) is 6.61. The fourth-order valence-electron chi connectivity index (χ4n) is 3.66. The van der Waals surface area contributed by atoms with Crippen molar-refractivity contribution in [2.45, 2.75) is 36.2 Å². The number of rotatable bonds is 2. The highest BCUT2D eigenvalue weighted by Crippen LogP contribution is 2.67.